The van der Waals surface area contributed by atoms with Crippen molar-refractivity contribution in [2.45, 2.75) is 77.6 Å². The van der Waals surface area contributed by atoms with Gasteiger partial charge in [0.25, 0.3) is 5.91 Å². The Balaban J connectivity index is 1.47. The monoisotopic (exact) mass is 412 g/mol. The van der Waals surface area contributed by atoms with Gasteiger partial charge in [-0.15, -0.1) is 0 Å². The van der Waals surface area contributed by atoms with Gasteiger partial charge in [-0.05, 0) is 30.4 Å². The van der Waals surface area contributed by atoms with Crippen molar-refractivity contribution in [3.05, 3.63) is 42.0 Å². The van der Waals surface area contributed by atoms with E-state index in [9.17, 15) is 9.90 Å². The molecular weight excluding hydrogens is 374 g/mol. The highest BCUT2D eigenvalue weighted by molar-refractivity contribution is 6.03. The number of ether oxygens (including phenoxy) is 1. The highest BCUT2D eigenvalue weighted by atomic mass is 16.5. The first-order valence-electron chi connectivity index (χ1n) is 11.7. The average Bonchev–Trinajstić information content (AvgIpc) is 2.76. The van der Waals surface area contributed by atoms with Gasteiger partial charge < -0.3 is 15.2 Å². The first-order chi connectivity index (χ1) is 14.7. The molecule has 0 saturated carbocycles. The topological polar surface area (TPSA) is 58.6 Å². The number of hydrogen-bond acceptors (Lipinski definition) is 3. The molecule has 1 radical (unpaired) electrons. The van der Waals surface area contributed by atoms with Gasteiger partial charge in [-0.3, -0.25) is 4.79 Å². The maximum absolute atomic E-state index is 12.3. The fourth-order valence-electron chi connectivity index (χ4n) is 3.63. The van der Waals surface area contributed by atoms with Crippen LogP contribution >= 0.6 is 0 Å². The predicted octanol–water partition coefficient (Wildman–Crippen LogP) is 6.40. The lowest BCUT2D eigenvalue weighted by Gasteiger charge is -2.09. The fourth-order valence-corrected chi connectivity index (χ4v) is 3.63. The minimum absolute atomic E-state index is 0.0130. The summed E-state index contributed by atoms with van der Waals surface area (Å²) in [4.78, 5) is 12.3. The van der Waals surface area contributed by atoms with Crippen LogP contribution in [0, 0.1) is 6.07 Å². The standard InChI is InChI=1S/C26H38NO3/c1-2-3-4-5-6-7-8-9-10-13-20-30-21-14-19-27-26(29)24-18-17-22-15-11-12-16-23(22)25(24)28/h11-12,16-18,28H,2-10,13-14,19-21H2,1H3,(H,27,29). The molecular formula is C26H38NO3. The summed E-state index contributed by atoms with van der Waals surface area (Å²) in [5.74, 6) is -0.244. The molecule has 0 heterocycles. The molecule has 2 aromatic rings. The van der Waals surface area contributed by atoms with Crippen LogP contribution in [0.5, 0.6) is 5.75 Å². The third-order valence-corrected chi connectivity index (χ3v) is 5.45. The normalized spacial score (nSPS) is 11.1. The molecule has 0 bridgehead atoms. The second-order valence-corrected chi connectivity index (χ2v) is 8.00. The van der Waals surface area contributed by atoms with E-state index in [0.717, 1.165) is 24.8 Å². The van der Waals surface area contributed by atoms with Crippen molar-refractivity contribution in [2.24, 2.45) is 0 Å². The van der Waals surface area contributed by atoms with Crippen molar-refractivity contribution in [1.29, 1.82) is 0 Å². The molecule has 2 N–H and O–H groups in total. The molecule has 1 amide bonds. The molecule has 0 fully saturated rings. The number of carbonyl (C=O) groups excluding carboxylic acids is 1. The second kappa shape index (κ2) is 14.8. The summed E-state index contributed by atoms with van der Waals surface area (Å²) in [5, 5.41) is 14.6. The molecule has 0 aliphatic carbocycles. The van der Waals surface area contributed by atoms with Crippen molar-refractivity contribution in [3.8, 4) is 5.75 Å². The number of nitrogens with one attached hydrogen (secondary N) is 1. The molecule has 4 nitrogen and oxygen atoms in total. The average molecular weight is 413 g/mol. The van der Waals surface area contributed by atoms with Gasteiger partial charge >= 0.3 is 0 Å². The fraction of sp³-hybridized carbons (Fsp3) is 0.577. The number of benzene rings is 2. The highest BCUT2D eigenvalue weighted by Gasteiger charge is 2.13. The summed E-state index contributed by atoms with van der Waals surface area (Å²) >= 11 is 0. The molecule has 4 heteroatoms. The van der Waals surface area contributed by atoms with Gasteiger partial charge in [-0.2, -0.15) is 0 Å². The summed E-state index contributed by atoms with van der Waals surface area (Å²) in [6.07, 6.45) is 14.0. The number of hydrogen-bond donors (Lipinski definition) is 2. The van der Waals surface area contributed by atoms with E-state index in [1.165, 1.54) is 57.8 Å². The predicted molar refractivity (Wildman–Crippen MR) is 124 cm³/mol. The van der Waals surface area contributed by atoms with Crippen LogP contribution in [0.25, 0.3) is 10.8 Å². The summed E-state index contributed by atoms with van der Waals surface area (Å²) < 4.78 is 5.67. The third-order valence-electron chi connectivity index (χ3n) is 5.45. The van der Waals surface area contributed by atoms with Crippen molar-refractivity contribution >= 4 is 16.7 Å². The van der Waals surface area contributed by atoms with Gasteiger partial charge in [0, 0.05) is 25.1 Å². The lowest BCUT2D eigenvalue weighted by molar-refractivity contribution is 0.0937. The molecule has 2 rings (SSSR count). The molecule has 165 valence electrons. The van der Waals surface area contributed by atoms with Crippen LogP contribution in [0.2, 0.25) is 0 Å². The van der Waals surface area contributed by atoms with Gasteiger partial charge in [0.15, 0.2) is 0 Å². The molecule has 0 aromatic heterocycles. The van der Waals surface area contributed by atoms with E-state index in [2.05, 4.69) is 18.3 Å². The van der Waals surface area contributed by atoms with Crippen LogP contribution in [-0.2, 0) is 4.74 Å². The van der Waals surface area contributed by atoms with Gasteiger partial charge in [-0.25, -0.2) is 0 Å². The number of phenolic OH excluding ortho intramolecular Hbond substituents is 1. The van der Waals surface area contributed by atoms with Crippen LogP contribution in [0.15, 0.2) is 30.3 Å². The number of carbonyl (C=O) groups is 1. The number of unbranched alkanes of at least 4 members (excludes halogenated alkanes) is 9. The molecule has 0 atom stereocenters. The largest absolute Gasteiger partial charge is 0.506 e. The Morgan fingerprint density at radius 1 is 0.933 bits per heavy atom. The van der Waals surface area contributed by atoms with Gasteiger partial charge in [-0.1, -0.05) is 89.0 Å². The number of rotatable bonds is 16. The Kier molecular flexibility index (Phi) is 12.0. The van der Waals surface area contributed by atoms with E-state index in [0.29, 0.717) is 24.1 Å². The number of fused-ring (bicyclic) bond motifs is 1. The van der Waals surface area contributed by atoms with Crippen molar-refractivity contribution < 1.29 is 14.6 Å². The zero-order valence-electron chi connectivity index (χ0n) is 18.5. The minimum atomic E-state index is -0.257. The lowest BCUT2D eigenvalue weighted by Crippen LogP contribution is -2.25. The Labute approximate surface area is 182 Å². The minimum Gasteiger partial charge on any atom is -0.506 e. The highest BCUT2D eigenvalue weighted by Crippen LogP contribution is 2.28. The van der Waals surface area contributed by atoms with E-state index in [4.69, 9.17) is 4.74 Å². The van der Waals surface area contributed by atoms with Crippen molar-refractivity contribution in [2.75, 3.05) is 19.8 Å². The smallest absolute Gasteiger partial charge is 0.255 e. The zero-order valence-corrected chi connectivity index (χ0v) is 18.5. The first-order valence-corrected chi connectivity index (χ1v) is 11.7. The third kappa shape index (κ3) is 8.74. The van der Waals surface area contributed by atoms with Crippen LogP contribution < -0.4 is 5.32 Å². The lowest BCUT2D eigenvalue weighted by atomic mass is 10.0. The SMILES string of the molecule is CCCCCCCCCCCCOCCCNC(=O)c1ccc2[c]cccc2c1O. The quantitative estimate of drug-likeness (QED) is 0.314. The van der Waals surface area contributed by atoms with Gasteiger partial charge in [0.05, 0.1) is 5.56 Å². The van der Waals surface area contributed by atoms with E-state index >= 15 is 0 Å². The second-order valence-electron chi connectivity index (χ2n) is 8.00. The zero-order chi connectivity index (χ0) is 21.4. The molecule has 0 saturated heterocycles. The molecule has 2 aromatic carbocycles. The molecule has 0 aliphatic heterocycles. The summed E-state index contributed by atoms with van der Waals surface area (Å²) in [7, 11) is 0. The Morgan fingerprint density at radius 3 is 2.33 bits per heavy atom. The van der Waals surface area contributed by atoms with Crippen LogP contribution in [0.1, 0.15) is 87.9 Å². The maximum Gasteiger partial charge on any atom is 0.255 e. The summed E-state index contributed by atoms with van der Waals surface area (Å²) in [6.45, 7) is 4.24. The Hall–Kier alpha value is -2.07. The van der Waals surface area contributed by atoms with Crippen LogP contribution in [0.4, 0.5) is 0 Å². The Bertz CT molecular complexity index is 744. The number of phenols is 1. The molecule has 0 spiro atoms. The molecule has 0 aliphatic rings. The van der Waals surface area contributed by atoms with Gasteiger partial charge in [0.2, 0.25) is 0 Å². The number of aromatic hydroxyl groups is 1. The molecule has 0 unspecified atom stereocenters. The van der Waals surface area contributed by atoms with Crippen molar-refractivity contribution in [1.82, 2.24) is 5.32 Å². The van der Waals surface area contributed by atoms with Crippen LogP contribution in [-0.4, -0.2) is 30.8 Å². The van der Waals surface area contributed by atoms with E-state index < -0.39 is 0 Å². The van der Waals surface area contributed by atoms with Crippen molar-refractivity contribution in [3.63, 3.8) is 0 Å². The number of amides is 1. The van der Waals surface area contributed by atoms with E-state index in [-0.39, 0.29) is 11.7 Å². The van der Waals surface area contributed by atoms with Gasteiger partial charge in [0.1, 0.15) is 5.75 Å². The maximum atomic E-state index is 12.3. The first kappa shape index (κ1) is 24.2. The van der Waals surface area contributed by atoms with Crippen LogP contribution in [0.3, 0.4) is 0 Å². The van der Waals surface area contributed by atoms with E-state index in [1.54, 1.807) is 30.3 Å². The Morgan fingerprint density at radius 2 is 1.60 bits per heavy atom. The molecule has 30 heavy (non-hydrogen) atoms. The summed E-state index contributed by atoms with van der Waals surface area (Å²) in [6, 6.07) is 11.9. The summed E-state index contributed by atoms with van der Waals surface area (Å²) in [5.41, 5.74) is 0.299. The van der Waals surface area contributed by atoms with E-state index in [1.807, 2.05) is 0 Å².